The summed E-state index contributed by atoms with van der Waals surface area (Å²) in [5.41, 5.74) is 5.70. The number of rotatable bonds is 4. The maximum absolute atomic E-state index is 12.7. The number of nitrogens with two attached hydrogens (primary N) is 1. The molecule has 1 aromatic carbocycles. The molecule has 0 aliphatic carbocycles. The molecule has 1 aromatic rings. The molecule has 0 spiro atoms. The Kier molecular flexibility index (Phi) is 5.15. The van der Waals surface area contributed by atoms with E-state index in [0.717, 1.165) is 28.9 Å². The van der Waals surface area contributed by atoms with Crippen molar-refractivity contribution in [2.45, 2.75) is 29.9 Å². The standard InChI is InChI=1S/C15H21BrN2OS/c1-15(2,20-13-5-3-12(16)4-6-13)14(19)18-8-7-11(9-17)10-18/h3-6,11H,7-10,17H2,1-2H3. The highest BCUT2D eigenvalue weighted by Crippen LogP contribution is 2.35. The van der Waals surface area contributed by atoms with E-state index >= 15 is 0 Å². The molecule has 1 amide bonds. The molecule has 1 saturated heterocycles. The topological polar surface area (TPSA) is 46.3 Å². The van der Waals surface area contributed by atoms with Crippen molar-refractivity contribution in [2.75, 3.05) is 19.6 Å². The number of likely N-dealkylation sites (tertiary alicyclic amines) is 1. The summed E-state index contributed by atoms with van der Waals surface area (Å²) in [5, 5.41) is 0. The van der Waals surface area contributed by atoms with E-state index in [1.807, 2.05) is 43.0 Å². The second-order valence-corrected chi connectivity index (χ2v) is 8.32. The van der Waals surface area contributed by atoms with Crippen molar-refractivity contribution in [3.63, 3.8) is 0 Å². The first-order valence-electron chi connectivity index (χ1n) is 6.86. The van der Waals surface area contributed by atoms with Crippen molar-refractivity contribution in [3.8, 4) is 0 Å². The number of halogens is 1. The number of carbonyl (C=O) groups is 1. The maximum atomic E-state index is 12.7. The van der Waals surface area contributed by atoms with Crippen LogP contribution in [0.25, 0.3) is 0 Å². The average molecular weight is 357 g/mol. The van der Waals surface area contributed by atoms with Gasteiger partial charge in [-0.1, -0.05) is 15.9 Å². The maximum Gasteiger partial charge on any atom is 0.238 e. The van der Waals surface area contributed by atoms with Gasteiger partial charge < -0.3 is 10.6 Å². The summed E-state index contributed by atoms with van der Waals surface area (Å²) in [6.45, 7) is 6.31. The smallest absolute Gasteiger partial charge is 0.238 e. The minimum Gasteiger partial charge on any atom is -0.341 e. The number of carbonyl (C=O) groups excluding carboxylic acids is 1. The van der Waals surface area contributed by atoms with E-state index in [-0.39, 0.29) is 5.91 Å². The van der Waals surface area contributed by atoms with Crippen molar-refractivity contribution in [3.05, 3.63) is 28.7 Å². The predicted octanol–water partition coefficient (Wildman–Crippen LogP) is 3.13. The fourth-order valence-corrected chi connectivity index (χ4v) is 3.77. The van der Waals surface area contributed by atoms with Crippen molar-refractivity contribution in [2.24, 2.45) is 11.7 Å². The van der Waals surface area contributed by atoms with Gasteiger partial charge in [0.2, 0.25) is 5.91 Å². The van der Waals surface area contributed by atoms with E-state index < -0.39 is 4.75 Å². The molecule has 110 valence electrons. The molecule has 2 N–H and O–H groups in total. The minimum atomic E-state index is -0.447. The van der Waals surface area contributed by atoms with Gasteiger partial charge in [-0.3, -0.25) is 4.79 Å². The Morgan fingerprint density at radius 3 is 2.65 bits per heavy atom. The largest absolute Gasteiger partial charge is 0.341 e. The quantitative estimate of drug-likeness (QED) is 0.843. The fraction of sp³-hybridized carbons (Fsp3) is 0.533. The fourth-order valence-electron chi connectivity index (χ4n) is 2.43. The van der Waals surface area contributed by atoms with Crippen molar-refractivity contribution in [1.82, 2.24) is 4.90 Å². The molecular weight excluding hydrogens is 336 g/mol. The monoisotopic (exact) mass is 356 g/mol. The predicted molar refractivity (Wildman–Crippen MR) is 87.8 cm³/mol. The third kappa shape index (κ3) is 3.77. The first kappa shape index (κ1) is 15.9. The molecule has 0 aromatic heterocycles. The Hall–Kier alpha value is -0.520. The second kappa shape index (κ2) is 6.50. The van der Waals surface area contributed by atoms with E-state index in [1.165, 1.54) is 0 Å². The van der Waals surface area contributed by atoms with Crippen LogP contribution in [-0.4, -0.2) is 35.2 Å². The third-order valence-corrected chi connectivity index (χ3v) is 5.33. The molecule has 5 heteroatoms. The Bertz CT molecular complexity index is 475. The van der Waals surface area contributed by atoms with Gasteiger partial charge in [-0.15, -0.1) is 11.8 Å². The molecule has 1 aliphatic rings. The van der Waals surface area contributed by atoms with Crippen LogP contribution in [0.15, 0.2) is 33.6 Å². The molecule has 3 nitrogen and oxygen atoms in total. The summed E-state index contributed by atoms with van der Waals surface area (Å²) in [4.78, 5) is 15.7. The summed E-state index contributed by atoms with van der Waals surface area (Å²) < 4.78 is 0.605. The molecule has 20 heavy (non-hydrogen) atoms. The van der Waals surface area contributed by atoms with Gasteiger partial charge >= 0.3 is 0 Å². The zero-order valence-corrected chi connectivity index (χ0v) is 14.3. The lowest BCUT2D eigenvalue weighted by atomic mass is 10.1. The van der Waals surface area contributed by atoms with Gasteiger partial charge in [0.15, 0.2) is 0 Å². The van der Waals surface area contributed by atoms with Gasteiger partial charge in [0.05, 0.1) is 4.75 Å². The van der Waals surface area contributed by atoms with Crippen molar-refractivity contribution >= 4 is 33.6 Å². The molecule has 0 saturated carbocycles. The van der Waals surface area contributed by atoms with E-state index in [0.29, 0.717) is 12.5 Å². The number of benzene rings is 1. The Morgan fingerprint density at radius 1 is 1.45 bits per heavy atom. The number of nitrogens with zero attached hydrogens (tertiary/aromatic N) is 1. The van der Waals surface area contributed by atoms with Crippen LogP contribution in [0.4, 0.5) is 0 Å². The molecular formula is C15H21BrN2OS. The normalized spacial score (nSPS) is 19.4. The van der Waals surface area contributed by atoms with Gasteiger partial charge in [0.25, 0.3) is 0 Å². The minimum absolute atomic E-state index is 0.210. The Morgan fingerprint density at radius 2 is 2.10 bits per heavy atom. The van der Waals surface area contributed by atoms with E-state index in [1.54, 1.807) is 11.8 Å². The number of hydrogen-bond acceptors (Lipinski definition) is 3. The van der Waals surface area contributed by atoms with Crippen LogP contribution in [-0.2, 0) is 4.79 Å². The van der Waals surface area contributed by atoms with Gasteiger partial charge in [0, 0.05) is 22.5 Å². The highest BCUT2D eigenvalue weighted by molar-refractivity contribution is 9.10. The first-order valence-corrected chi connectivity index (χ1v) is 8.47. The van der Waals surface area contributed by atoms with Gasteiger partial charge in [-0.25, -0.2) is 0 Å². The lowest BCUT2D eigenvalue weighted by Crippen LogP contribution is -2.42. The summed E-state index contributed by atoms with van der Waals surface area (Å²) in [6, 6.07) is 8.08. The highest BCUT2D eigenvalue weighted by Gasteiger charge is 2.36. The number of amides is 1. The molecule has 1 heterocycles. The van der Waals surface area contributed by atoms with Crippen LogP contribution in [0.5, 0.6) is 0 Å². The highest BCUT2D eigenvalue weighted by atomic mass is 79.9. The van der Waals surface area contributed by atoms with Crippen molar-refractivity contribution < 1.29 is 4.79 Å². The van der Waals surface area contributed by atoms with E-state index in [9.17, 15) is 4.79 Å². The lowest BCUT2D eigenvalue weighted by molar-refractivity contribution is -0.132. The molecule has 0 bridgehead atoms. The van der Waals surface area contributed by atoms with Crippen LogP contribution >= 0.6 is 27.7 Å². The summed E-state index contributed by atoms with van der Waals surface area (Å²) >= 11 is 5.04. The van der Waals surface area contributed by atoms with Crippen LogP contribution < -0.4 is 5.73 Å². The molecule has 1 fully saturated rings. The SMILES string of the molecule is CC(C)(Sc1ccc(Br)cc1)C(=O)N1CCC(CN)C1. The molecule has 2 rings (SSSR count). The summed E-state index contributed by atoms with van der Waals surface area (Å²) in [6.07, 6.45) is 1.03. The summed E-state index contributed by atoms with van der Waals surface area (Å²) in [7, 11) is 0. The van der Waals surface area contributed by atoms with Gasteiger partial charge in [0.1, 0.15) is 0 Å². The number of hydrogen-bond donors (Lipinski definition) is 1. The van der Waals surface area contributed by atoms with Crippen LogP contribution in [0.2, 0.25) is 0 Å². The second-order valence-electron chi connectivity index (χ2n) is 5.71. The third-order valence-electron chi connectivity index (χ3n) is 3.61. The first-order chi connectivity index (χ1) is 9.42. The van der Waals surface area contributed by atoms with Crippen LogP contribution in [0.1, 0.15) is 20.3 Å². The molecule has 1 unspecified atom stereocenters. The Labute approximate surface area is 133 Å². The average Bonchev–Trinajstić information content (AvgIpc) is 2.89. The molecule has 1 aliphatic heterocycles. The van der Waals surface area contributed by atoms with Gasteiger partial charge in [-0.05, 0) is 57.0 Å². The van der Waals surface area contributed by atoms with E-state index in [2.05, 4.69) is 15.9 Å². The van der Waals surface area contributed by atoms with Crippen LogP contribution in [0, 0.1) is 5.92 Å². The Balaban J connectivity index is 2.02. The zero-order chi connectivity index (χ0) is 14.8. The number of thioether (sulfide) groups is 1. The molecule has 0 radical (unpaired) electrons. The lowest BCUT2D eigenvalue weighted by Gasteiger charge is -2.29. The van der Waals surface area contributed by atoms with Crippen molar-refractivity contribution in [1.29, 1.82) is 0 Å². The van der Waals surface area contributed by atoms with E-state index in [4.69, 9.17) is 5.73 Å². The zero-order valence-electron chi connectivity index (χ0n) is 11.9. The van der Waals surface area contributed by atoms with Crippen LogP contribution in [0.3, 0.4) is 0 Å². The van der Waals surface area contributed by atoms with Gasteiger partial charge in [-0.2, -0.15) is 0 Å². The molecule has 1 atom stereocenters. The summed E-state index contributed by atoms with van der Waals surface area (Å²) in [5.74, 6) is 0.675.